The van der Waals surface area contributed by atoms with Crippen molar-refractivity contribution in [2.45, 2.75) is 25.8 Å². The van der Waals surface area contributed by atoms with E-state index < -0.39 is 0 Å². The standard InChI is InChI=1S/C19H28ClN3O2.2ClH/c1-25-18-6-5-16(20)11-15(18)13-22-7-9-23(10-8-22)19(24)17-4-2-3-14(17)12-21;;/h5-6,11,14,17H,2-4,7-10,12-13,21H2,1H3;2*1H/t14-,17-;;/m1../s1. The number of nitrogens with zero attached hydrogens (tertiary/aromatic N) is 2. The van der Waals surface area contributed by atoms with Crippen LogP contribution < -0.4 is 10.5 Å². The smallest absolute Gasteiger partial charge is 0.226 e. The summed E-state index contributed by atoms with van der Waals surface area (Å²) in [4.78, 5) is 17.2. The van der Waals surface area contributed by atoms with Crippen LogP contribution in [-0.4, -0.2) is 55.5 Å². The lowest BCUT2D eigenvalue weighted by molar-refractivity contribution is -0.138. The maximum Gasteiger partial charge on any atom is 0.226 e. The van der Waals surface area contributed by atoms with Crippen LogP contribution >= 0.6 is 36.4 Å². The van der Waals surface area contributed by atoms with E-state index in [1.54, 1.807) is 7.11 Å². The van der Waals surface area contributed by atoms with Gasteiger partial charge in [0.05, 0.1) is 7.11 Å². The van der Waals surface area contributed by atoms with Crippen LogP contribution in [0.2, 0.25) is 5.02 Å². The highest BCUT2D eigenvalue weighted by Crippen LogP contribution is 2.32. The Morgan fingerprint density at radius 1 is 1.22 bits per heavy atom. The minimum Gasteiger partial charge on any atom is -0.496 e. The SMILES string of the molecule is COc1ccc(Cl)cc1CN1CCN(C(=O)[C@@H]2CCC[C@@H]2CN)CC1.Cl.Cl. The van der Waals surface area contributed by atoms with Crippen LogP contribution in [0.1, 0.15) is 24.8 Å². The first-order valence-corrected chi connectivity index (χ1v) is 9.53. The van der Waals surface area contributed by atoms with E-state index in [0.717, 1.165) is 68.3 Å². The van der Waals surface area contributed by atoms with Crippen LogP contribution in [0, 0.1) is 11.8 Å². The Kier molecular flexibility index (Phi) is 10.2. The molecule has 5 nitrogen and oxygen atoms in total. The Labute approximate surface area is 179 Å². The van der Waals surface area contributed by atoms with Gasteiger partial charge in [0.15, 0.2) is 0 Å². The normalized spacial score (nSPS) is 22.7. The van der Waals surface area contributed by atoms with E-state index in [-0.39, 0.29) is 30.7 Å². The lowest BCUT2D eigenvalue weighted by atomic mass is 9.94. The molecule has 0 bridgehead atoms. The molecular formula is C19H30Cl3N3O2. The highest BCUT2D eigenvalue weighted by Gasteiger charge is 2.35. The Morgan fingerprint density at radius 2 is 1.93 bits per heavy atom. The molecule has 2 fully saturated rings. The molecule has 1 amide bonds. The summed E-state index contributed by atoms with van der Waals surface area (Å²) in [5.74, 6) is 1.69. The highest BCUT2D eigenvalue weighted by molar-refractivity contribution is 6.30. The minimum atomic E-state index is 0. The summed E-state index contributed by atoms with van der Waals surface area (Å²) in [7, 11) is 1.68. The second-order valence-corrected chi connectivity index (χ2v) is 7.53. The van der Waals surface area contributed by atoms with Crippen molar-refractivity contribution in [3.8, 4) is 5.75 Å². The molecule has 1 aliphatic heterocycles. The number of piperazine rings is 1. The highest BCUT2D eigenvalue weighted by atomic mass is 35.5. The first kappa shape index (κ1) is 24.3. The summed E-state index contributed by atoms with van der Waals surface area (Å²) in [5, 5.41) is 0.721. The van der Waals surface area contributed by atoms with E-state index in [0.29, 0.717) is 18.4 Å². The van der Waals surface area contributed by atoms with Gasteiger partial charge in [-0.2, -0.15) is 0 Å². The van der Waals surface area contributed by atoms with E-state index in [4.69, 9.17) is 22.1 Å². The molecule has 1 aromatic carbocycles. The second kappa shape index (κ2) is 11.3. The number of benzene rings is 1. The Hall–Kier alpha value is -0.720. The Morgan fingerprint density at radius 3 is 2.56 bits per heavy atom. The molecule has 2 aliphatic rings. The van der Waals surface area contributed by atoms with Crippen molar-refractivity contribution in [3.05, 3.63) is 28.8 Å². The van der Waals surface area contributed by atoms with Gasteiger partial charge in [-0.25, -0.2) is 0 Å². The molecule has 1 aliphatic carbocycles. The fourth-order valence-electron chi connectivity index (χ4n) is 4.12. The number of ether oxygens (including phenoxy) is 1. The zero-order valence-corrected chi connectivity index (χ0v) is 18.1. The molecule has 8 heteroatoms. The van der Waals surface area contributed by atoms with E-state index >= 15 is 0 Å². The number of hydrogen-bond acceptors (Lipinski definition) is 4. The van der Waals surface area contributed by atoms with Crippen LogP contribution in [0.25, 0.3) is 0 Å². The van der Waals surface area contributed by atoms with Gasteiger partial charge in [-0.05, 0) is 43.5 Å². The molecule has 0 aromatic heterocycles. The molecule has 3 rings (SSSR count). The molecule has 27 heavy (non-hydrogen) atoms. The van der Waals surface area contributed by atoms with Gasteiger partial charge < -0.3 is 15.4 Å². The van der Waals surface area contributed by atoms with E-state index in [1.807, 2.05) is 23.1 Å². The largest absolute Gasteiger partial charge is 0.496 e. The fourth-order valence-corrected chi connectivity index (χ4v) is 4.31. The number of rotatable bonds is 5. The maximum atomic E-state index is 12.8. The summed E-state index contributed by atoms with van der Waals surface area (Å²) in [6.45, 7) is 4.75. The van der Waals surface area contributed by atoms with Gasteiger partial charge in [0, 0.05) is 49.2 Å². The van der Waals surface area contributed by atoms with Gasteiger partial charge in [0.25, 0.3) is 0 Å². The molecular weight excluding hydrogens is 409 g/mol. The van der Waals surface area contributed by atoms with Gasteiger partial charge in [0.1, 0.15) is 5.75 Å². The maximum absolute atomic E-state index is 12.8. The summed E-state index contributed by atoms with van der Waals surface area (Å²) < 4.78 is 5.43. The van der Waals surface area contributed by atoms with Crippen molar-refractivity contribution in [3.63, 3.8) is 0 Å². The number of methoxy groups -OCH3 is 1. The Bertz CT molecular complexity index is 610. The van der Waals surface area contributed by atoms with Crippen LogP contribution in [0.4, 0.5) is 0 Å². The van der Waals surface area contributed by atoms with Crippen LogP contribution in [0.15, 0.2) is 18.2 Å². The monoisotopic (exact) mass is 437 g/mol. The zero-order valence-electron chi connectivity index (χ0n) is 15.7. The zero-order chi connectivity index (χ0) is 17.8. The third-order valence-electron chi connectivity index (χ3n) is 5.60. The number of amides is 1. The Balaban J connectivity index is 0.00000182. The molecule has 0 radical (unpaired) electrons. The average Bonchev–Trinajstić information content (AvgIpc) is 3.11. The minimum absolute atomic E-state index is 0. The van der Waals surface area contributed by atoms with Crippen molar-refractivity contribution in [1.82, 2.24) is 9.80 Å². The topological polar surface area (TPSA) is 58.8 Å². The molecule has 0 spiro atoms. The first-order valence-electron chi connectivity index (χ1n) is 9.16. The van der Waals surface area contributed by atoms with Crippen LogP contribution in [0.3, 0.4) is 0 Å². The number of carbonyl (C=O) groups excluding carboxylic acids is 1. The predicted molar refractivity (Wildman–Crippen MR) is 114 cm³/mol. The van der Waals surface area contributed by atoms with Crippen molar-refractivity contribution < 1.29 is 9.53 Å². The van der Waals surface area contributed by atoms with Crippen LogP contribution in [0.5, 0.6) is 5.75 Å². The van der Waals surface area contributed by atoms with Gasteiger partial charge in [-0.3, -0.25) is 9.69 Å². The number of nitrogens with two attached hydrogens (primary N) is 1. The van der Waals surface area contributed by atoms with E-state index in [1.165, 1.54) is 0 Å². The molecule has 1 saturated heterocycles. The summed E-state index contributed by atoms with van der Waals surface area (Å²) >= 11 is 6.12. The van der Waals surface area contributed by atoms with E-state index in [9.17, 15) is 4.79 Å². The van der Waals surface area contributed by atoms with Crippen molar-refractivity contribution in [2.24, 2.45) is 17.6 Å². The predicted octanol–water partition coefficient (Wildman–Crippen LogP) is 3.21. The molecule has 2 N–H and O–H groups in total. The van der Waals surface area contributed by atoms with Gasteiger partial charge >= 0.3 is 0 Å². The van der Waals surface area contributed by atoms with Gasteiger partial charge in [-0.15, -0.1) is 24.8 Å². The summed E-state index contributed by atoms with van der Waals surface area (Å²) in [5.41, 5.74) is 6.93. The third-order valence-corrected chi connectivity index (χ3v) is 5.83. The van der Waals surface area contributed by atoms with E-state index in [2.05, 4.69) is 4.90 Å². The van der Waals surface area contributed by atoms with Crippen molar-refractivity contribution in [2.75, 3.05) is 39.8 Å². The number of hydrogen-bond donors (Lipinski definition) is 1. The summed E-state index contributed by atoms with van der Waals surface area (Å²) in [6, 6.07) is 5.71. The molecule has 154 valence electrons. The molecule has 2 atom stereocenters. The number of carbonyl (C=O) groups is 1. The van der Waals surface area contributed by atoms with Crippen LogP contribution in [-0.2, 0) is 11.3 Å². The average molecular weight is 439 g/mol. The van der Waals surface area contributed by atoms with Gasteiger partial charge in [0.2, 0.25) is 5.91 Å². The summed E-state index contributed by atoms with van der Waals surface area (Å²) in [6.07, 6.45) is 3.23. The molecule has 0 unspecified atom stereocenters. The second-order valence-electron chi connectivity index (χ2n) is 7.09. The van der Waals surface area contributed by atoms with Crippen molar-refractivity contribution >= 4 is 42.3 Å². The molecule has 1 saturated carbocycles. The molecule has 1 aromatic rings. The quantitative estimate of drug-likeness (QED) is 0.767. The first-order chi connectivity index (χ1) is 12.1. The third kappa shape index (κ3) is 5.88. The van der Waals surface area contributed by atoms with Gasteiger partial charge in [-0.1, -0.05) is 18.0 Å². The lowest BCUT2D eigenvalue weighted by Gasteiger charge is -2.37. The lowest BCUT2D eigenvalue weighted by Crippen LogP contribution is -2.50. The molecule has 1 heterocycles. The fraction of sp³-hybridized carbons (Fsp3) is 0.632. The number of halogens is 3. The van der Waals surface area contributed by atoms with Crippen molar-refractivity contribution in [1.29, 1.82) is 0 Å².